The van der Waals surface area contributed by atoms with Gasteiger partial charge in [-0.2, -0.15) is 0 Å². The lowest BCUT2D eigenvalue weighted by molar-refractivity contribution is 0.569. The summed E-state index contributed by atoms with van der Waals surface area (Å²) >= 11 is 2.77. The number of fused-ring (bicyclic) bond motifs is 13. The lowest BCUT2D eigenvalue weighted by atomic mass is 9.33. The molecule has 0 spiro atoms. The maximum absolute atomic E-state index is 10.2. The molecule has 5 heterocycles. The third-order valence-corrected chi connectivity index (χ3v) is 29.9. The molecule has 2 aliphatic heterocycles. The highest BCUT2D eigenvalue weighted by atomic mass is 32.1. The van der Waals surface area contributed by atoms with Crippen molar-refractivity contribution in [1.82, 2.24) is 4.57 Å². The number of anilines is 6. The highest BCUT2D eigenvalue weighted by molar-refractivity contribution is 7.26. The molecule has 0 atom stereocenters. The van der Waals surface area contributed by atoms with Crippen molar-refractivity contribution in [3.8, 4) is 94.7 Å². The van der Waals surface area contributed by atoms with Crippen molar-refractivity contribution in [2.45, 2.75) is 157 Å². The van der Waals surface area contributed by atoms with Crippen molar-refractivity contribution in [2.75, 3.05) is 9.80 Å². The summed E-state index contributed by atoms with van der Waals surface area (Å²) in [6, 6.07) is 112. The molecule has 0 fully saturated rings. The first-order valence-electron chi connectivity index (χ1n) is 50.5. The van der Waals surface area contributed by atoms with Crippen molar-refractivity contribution >= 4 is 142 Å². The first kappa shape index (κ1) is 75.3. The van der Waals surface area contributed by atoms with Crippen LogP contribution in [-0.4, -0.2) is 11.3 Å². The summed E-state index contributed by atoms with van der Waals surface area (Å²) in [5.41, 5.74) is 32.5. The minimum atomic E-state index is -0.582. The van der Waals surface area contributed by atoms with Crippen LogP contribution in [0.4, 0.5) is 34.1 Å². The molecule has 0 radical (unpaired) electrons. The fraction of sp³-hybridized carbons (Fsp3) is 0.190. The van der Waals surface area contributed by atoms with Gasteiger partial charge < -0.3 is 14.4 Å². The zero-order chi connectivity index (χ0) is 98.1. The molecule has 3 nitrogen and oxygen atoms in total. The van der Waals surface area contributed by atoms with Crippen LogP contribution in [0.3, 0.4) is 0 Å². The Bertz CT molecular complexity index is 8200. The number of rotatable bonds is 11. The molecule has 0 bridgehead atoms. The second kappa shape index (κ2) is 31.2. The van der Waals surface area contributed by atoms with Gasteiger partial charge in [-0.05, 0) is 270 Å². The minimum Gasteiger partial charge on any atom is -0.310 e. The maximum Gasteiger partial charge on any atom is 0.252 e. The van der Waals surface area contributed by atoms with Gasteiger partial charge in [0.25, 0.3) is 6.71 Å². The molecule has 0 saturated carbocycles. The van der Waals surface area contributed by atoms with E-state index in [-0.39, 0.29) is 75.4 Å². The molecule has 0 amide bonds. The largest absolute Gasteiger partial charge is 0.310 e. The zero-order valence-corrected chi connectivity index (χ0v) is 80.2. The minimum absolute atomic E-state index is 0.0982. The van der Waals surface area contributed by atoms with Crippen molar-refractivity contribution < 1.29 is 11.0 Å². The molecule has 0 aliphatic carbocycles. The van der Waals surface area contributed by atoms with Gasteiger partial charge in [0.2, 0.25) is 0 Å². The molecule has 17 aromatic carbocycles. The average molecular weight is 1750 g/mol. The van der Waals surface area contributed by atoms with E-state index in [1.54, 1.807) is 0 Å². The van der Waals surface area contributed by atoms with Gasteiger partial charge in [-0.25, -0.2) is 0 Å². The molecule has 3 aromatic heterocycles. The number of thiophene rings is 2. The van der Waals surface area contributed by atoms with Crippen LogP contribution in [0.5, 0.6) is 0 Å². The van der Waals surface area contributed by atoms with E-state index >= 15 is 0 Å². The number of hydrogen-bond acceptors (Lipinski definition) is 4. The Morgan fingerprint density at radius 2 is 0.629 bits per heavy atom. The number of aromatic nitrogens is 1. The van der Waals surface area contributed by atoms with Gasteiger partial charge >= 0.3 is 0 Å². The summed E-state index contributed by atoms with van der Waals surface area (Å²) in [5.74, 6) is 0. The van der Waals surface area contributed by atoms with Gasteiger partial charge in [-0.1, -0.05) is 355 Å². The smallest absolute Gasteiger partial charge is 0.252 e. The van der Waals surface area contributed by atoms with E-state index in [1.165, 1.54) is 61.3 Å². The van der Waals surface area contributed by atoms with E-state index in [2.05, 4.69) is 442 Å². The van der Waals surface area contributed by atoms with Gasteiger partial charge in [0.1, 0.15) is 0 Å². The molecule has 0 N–H and O–H groups in total. The Hall–Kier alpha value is -13.4. The molecule has 646 valence electrons. The van der Waals surface area contributed by atoms with Crippen molar-refractivity contribution in [2.24, 2.45) is 0 Å². The first-order chi connectivity index (χ1) is 66.5. The van der Waals surface area contributed by atoms with Crippen LogP contribution in [0.25, 0.3) is 157 Å². The highest BCUT2D eigenvalue weighted by Gasteiger charge is 2.47. The fourth-order valence-corrected chi connectivity index (χ4v) is 22.5. The zero-order valence-electron chi connectivity index (χ0n) is 86.6. The van der Waals surface area contributed by atoms with Crippen LogP contribution in [0.15, 0.2) is 352 Å². The SMILES string of the molecule is [2H]c1c([2H])c([2H])c2c(sc3cccc(-c4cc(C(C)(C)C)cc(-c5cccc6sc7c([2H])c([2H])c([2H])c([2H])c7c56)c4N4c5ccc(-c6cc(-c7ccccc7)cc(-c7ccccc7)c6)cc5B5c6ccc(-n7c8ccc(C(C)(C)C)cc8c8cc(C(C)(C)C)ccc87)cc6N(c6c(-c7ccccc7)cc(C(C)(C)C)cc6-c6ccccc6)c6cc(-c7cc(C(C)(C)C)cc(C(C)(C)C)c7)cc4c65)c32)c1[2H]. The van der Waals surface area contributed by atoms with E-state index in [1.807, 2.05) is 0 Å². The number of nitrogens with zero attached hydrogens (tertiary/aromatic N) is 3. The van der Waals surface area contributed by atoms with Crippen LogP contribution in [0.1, 0.15) is 169 Å². The van der Waals surface area contributed by atoms with E-state index in [0.717, 1.165) is 171 Å². The third-order valence-electron chi connectivity index (χ3n) is 27.7. The van der Waals surface area contributed by atoms with Gasteiger partial charge in [-0.3, -0.25) is 0 Å². The second-order valence-corrected chi connectivity index (χ2v) is 44.8. The van der Waals surface area contributed by atoms with E-state index in [4.69, 9.17) is 0 Å². The van der Waals surface area contributed by atoms with Crippen molar-refractivity contribution in [3.63, 3.8) is 0 Å². The summed E-state index contributed by atoms with van der Waals surface area (Å²) < 4.78 is 82.9. The second-order valence-electron chi connectivity index (χ2n) is 42.7. The Labute approximate surface area is 798 Å². The van der Waals surface area contributed by atoms with Gasteiger partial charge in [0, 0.05) is 102 Å². The standard InChI is InChI=1S/C126H112BN3S2/c1-121(2,3)87-54-59-106-100(70-87)101-71-88(122(4,5)6)55-60-107(101)128(106)93-56-57-104-109(76-93)130(119-98(79-41-27-21-28-42-79)72-91(125(13,14)15)73-99(119)80-43-29-22-30-44-80)111-68-86(85-64-89(123(7,8)9)69-90(65-85)124(10,11)12)67-110-118(111)127(104)105-66-81(84-62-82(77-37-23-19-24-38-77)61-83(63-84)78-39-25-20-26-40-78)53-58-108(105)129(110)120-102(94-47-35-51-114-116(94)96-45-31-33-49-112(96)131-114)74-92(126(16,17)18)75-103(120)95-48-36-52-115-117(95)97-46-32-34-50-113(97)132-115/h19-76H,1-18H3/i31D,32D,33D,34D,45D,46D,49D,50D. The van der Waals surface area contributed by atoms with Crippen LogP contribution >= 0.6 is 22.7 Å². The molecule has 0 unspecified atom stereocenters. The molecule has 2 aliphatic rings. The van der Waals surface area contributed by atoms with Crippen LogP contribution in [-0.2, 0) is 32.5 Å². The van der Waals surface area contributed by atoms with Crippen molar-refractivity contribution in [1.29, 1.82) is 0 Å². The molecule has 20 aromatic rings. The van der Waals surface area contributed by atoms with Gasteiger partial charge in [0.15, 0.2) is 0 Å². The average Bonchev–Trinajstić information content (AvgIpc) is 0.871. The summed E-state index contributed by atoms with van der Waals surface area (Å²) in [7, 11) is 0. The molecule has 6 heteroatoms. The predicted molar refractivity (Wildman–Crippen MR) is 576 cm³/mol. The molecular weight excluding hydrogens is 1630 g/mol. The summed E-state index contributed by atoms with van der Waals surface area (Å²) in [4.78, 5) is 5.25. The predicted octanol–water partition coefficient (Wildman–Crippen LogP) is 34.7. The highest BCUT2D eigenvalue weighted by Crippen LogP contribution is 2.59. The molecule has 22 rings (SSSR count). The summed E-state index contributed by atoms with van der Waals surface area (Å²) in [6.45, 7) is 40.9. The monoisotopic (exact) mass is 1750 g/mol. The third kappa shape index (κ3) is 14.4. The summed E-state index contributed by atoms with van der Waals surface area (Å²) in [6.07, 6.45) is 0. The number of benzene rings is 17. The molecular formula is C126H112BN3S2. The van der Waals surface area contributed by atoms with Gasteiger partial charge in [-0.15, -0.1) is 22.7 Å². The van der Waals surface area contributed by atoms with E-state index < -0.39 is 12.1 Å². The normalized spacial score (nSPS) is 14.0. The lowest BCUT2D eigenvalue weighted by Gasteiger charge is -2.46. The van der Waals surface area contributed by atoms with Gasteiger partial charge in [0.05, 0.1) is 33.4 Å². The fourth-order valence-electron chi connectivity index (χ4n) is 20.5. The Balaban J connectivity index is 0.985. The Morgan fingerprint density at radius 3 is 1.08 bits per heavy atom. The van der Waals surface area contributed by atoms with E-state index in [0.29, 0.717) is 30.9 Å². The van der Waals surface area contributed by atoms with Crippen molar-refractivity contribution in [3.05, 3.63) is 385 Å². The van der Waals surface area contributed by atoms with E-state index in [9.17, 15) is 11.0 Å². The lowest BCUT2D eigenvalue weighted by Crippen LogP contribution is -2.61. The van der Waals surface area contributed by atoms with Crippen LogP contribution in [0.2, 0.25) is 0 Å². The first-order valence-corrected chi connectivity index (χ1v) is 48.1. The van der Waals surface area contributed by atoms with Crippen LogP contribution in [0, 0.1) is 0 Å². The quantitative estimate of drug-likeness (QED) is 0.120. The Kier molecular flexibility index (Phi) is 17.8. The van der Waals surface area contributed by atoms with Crippen LogP contribution < -0.4 is 26.2 Å². The molecule has 132 heavy (non-hydrogen) atoms. The number of hydrogen-bond donors (Lipinski definition) is 0. The summed E-state index contributed by atoms with van der Waals surface area (Å²) in [5, 5.41) is 4.62. The molecule has 0 saturated heterocycles. The topological polar surface area (TPSA) is 11.4 Å². The Morgan fingerprint density at radius 1 is 0.242 bits per heavy atom. The maximum atomic E-state index is 10.2.